The Hall–Kier alpha value is -4.26. The molecule has 4 aromatic rings. The van der Waals surface area contributed by atoms with Gasteiger partial charge in [0.25, 0.3) is 5.91 Å². The molecule has 5 rings (SSSR count). The largest absolute Gasteiger partial charge is 0.497 e. The van der Waals surface area contributed by atoms with Crippen molar-refractivity contribution in [3.63, 3.8) is 0 Å². The fourth-order valence-corrected chi connectivity index (χ4v) is 4.48. The van der Waals surface area contributed by atoms with Crippen LogP contribution in [0.2, 0.25) is 0 Å². The van der Waals surface area contributed by atoms with Gasteiger partial charge in [0.2, 0.25) is 0 Å². The van der Waals surface area contributed by atoms with E-state index in [1.54, 1.807) is 21.3 Å². The fraction of sp³-hybridized carbons (Fsp3) is 0.185. The molecular weight excluding hydrogens is 430 g/mol. The van der Waals surface area contributed by atoms with Gasteiger partial charge in [0.1, 0.15) is 11.4 Å². The van der Waals surface area contributed by atoms with Crippen LogP contribution in [0.3, 0.4) is 0 Å². The number of amides is 1. The molecule has 172 valence electrons. The first-order chi connectivity index (χ1) is 16.6. The van der Waals surface area contributed by atoms with Crippen molar-refractivity contribution in [1.82, 2.24) is 15.1 Å². The zero-order valence-electron chi connectivity index (χ0n) is 19.2. The number of H-pyrrole nitrogens is 1. The predicted octanol–water partition coefficient (Wildman–Crippen LogP) is 4.85. The summed E-state index contributed by atoms with van der Waals surface area (Å²) in [6.45, 7) is 0.462. The third-order valence-electron chi connectivity index (χ3n) is 6.15. The molecule has 0 aliphatic carbocycles. The van der Waals surface area contributed by atoms with Crippen molar-refractivity contribution in [3.05, 3.63) is 95.2 Å². The van der Waals surface area contributed by atoms with Gasteiger partial charge in [0, 0.05) is 17.7 Å². The molecule has 0 saturated carbocycles. The molecule has 3 aromatic carbocycles. The topological polar surface area (TPSA) is 76.7 Å². The summed E-state index contributed by atoms with van der Waals surface area (Å²) in [6.07, 6.45) is 0. The number of aromatic amines is 1. The average molecular weight is 456 g/mol. The molecule has 0 fully saturated rings. The summed E-state index contributed by atoms with van der Waals surface area (Å²) < 4.78 is 16.3. The first-order valence-corrected chi connectivity index (χ1v) is 10.9. The van der Waals surface area contributed by atoms with Gasteiger partial charge in [-0.05, 0) is 47.5 Å². The lowest BCUT2D eigenvalue weighted by atomic mass is 9.95. The molecule has 34 heavy (non-hydrogen) atoms. The molecule has 0 bridgehead atoms. The van der Waals surface area contributed by atoms with Gasteiger partial charge < -0.3 is 19.1 Å². The van der Waals surface area contributed by atoms with Gasteiger partial charge >= 0.3 is 0 Å². The van der Waals surface area contributed by atoms with Crippen molar-refractivity contribution in [2.45, 2.75) is 12.6 Å². The Balaban J connectivity index is 1.65. The number of aromatic nitrogens is 2. The van der Waals surface area contributed by atoms with Crippen LogP contribution in [-0.2, 0) is 6.54 Å². The second kappa shape index (κ2) is 8.94. The molecule has 1 aliphatic rings. The van der Waals surface area contributed by atoms with Gasteiger partial charge in [0.05, 0.1) is 33.1 Å². The average Bonchev–Trinajstić information content (AvgIpc) is 3.43. The van der Waals surface area contributed by atoms with E-state index in [0.29, 0.717) is 23.7 Å². The van der Waals surface area contributed by atoms with Crippen LogP contribution in [0.5, 0.6) is 17.2 Å². The second-order valence-electron chi connectivity index (χ2n) is 8.02. The number of rotatable bonds is 7. The first-order valence-electron chi connectivity index (χ1n) is 10.9. The number of carbonyl (C=O) groups is 1. The maximum atomic E-state index is 13.6. The normalized spacial score (nSPS) is 14.7. The molecule has 1 atom stereocenters. The highest BCUT2D eigenvalue weighted by molar-refractivity contribution is 6.00. The number of carbonyl (C=O) groups excluding carboxylic acids is 1. The summed E-state index contributed by atoms with van der Waals surface area (Å²) in [5.74, 6) is 1.91. The van der Waals surface area contributed by atoms with Crippen LogP contribution in [0.4, 0.5) is 0 Å². The lowest BCUT2D eigenvalue weighted by Crippen LogP contribution is -2.29. The fourth-order valence-electron chi connectivity index (χ4n) is 4.48. The van der Waals surface area contributed by atoms with Crippen molar-refractivity contribution in [2.24, 2.45) is 0 Å². The Kier molecular flexibility index (Phi) is 5.67. The molecule has 1 amide bonds. The SMILES string of the molecule is COc1ccc(-c2n[nH]c3c2C(c2ccc(OC)c(OC)c2)N(Cc2ccccc2)C3=O)cc1. The number of benzene rings is 3. The quantitative estimate of drug-likeness (QED) is 0.431. The standard InChI is InChI=1S/C27H25N3O4/c1-32-20-12-9-18(10-13-20)24-23-25(29-28-24)27(31)30(16-17-7-5-4-6-8-17)26(23)19-11-14-21(33-2)22(15-19)34-3/h4-15,26H,16H2,1-3H3,(H,28,29). The molecule has 2 heterocycles. The molecule has 0 saturated heterocycles. The maximum absolute atomic E-state index is 13.6. The van der Waals surface area contributed by atoms with Gasteiger partial charge in [-0.25, -0.2) is 0 Å². The Morgan fingerprint density at radius 1 is 0.882 bits per heavy atom. The van der Waals surface area contributed by atoms with Crippen LogP contribution in [-0.4, -0.2) is 42.3 Å². The summed E-state index contributed by atoms with van der Waals surface area (Å²) in [7, 11) is 4.85. The number of nitrogens with one attached hydrogen (secondary N) is 1. The van der Waals surface area contributed by atoms with Crippen molar-refractivity contribution in [2.75, 3.05) is 21.3 Å². The van der Waals surface area contributed by atoms with Crippen LogP contribution in [0, 0.1) is 0 Å². The smallest absolute Gasteiger partial charge is 0.273 e. The van der Waals surface area contributed by atoms with Gasteiger partial charge in [0.15, 0.2) is 11.5 Å². The number of nitrogens with zero attached hydrogens (tertiary/aromatic N) is 2. The van der Waals surface area contributed by atoms with Gasteiger partial charge in [-0.15, -0.1) is 0 Å². The highest BCUT2D eigenvalue weighted by Crippen LogP contribution is 2.45. The second-order valence-corrected chi connectivity index (χ2v) is 8.02. The van der Waals surface area contributed by atoms with Gasteiger partial charge in [-0.1, -0.05) is 36.4 Å². The number of ether oxygens (including phenoxy) is 3. The predicted molar refractivity (Wildman–Crippen MR) is 128 cm³/mol. The summed E-state index contributed by atoms with van der Waals surface area (Å²) in [5, 5.41) is 7.54. The van der Waals surface area contributed by atoms with Crippen LogP contribution in [0.25, 0.3) is 11.3 Å². The van der Waals surface area contributed by atoms with Crippen molar-refractivity contribution in [3.8, 4) is 28.5 Å². The van der Waals surface area contributed by atoms with E-state index < -0.39 is 0 Å². The number of hydrogen-bond donors (Lipinski definition) is 1. The van der Waals surface area contributed by atoms with Crippen molar-refractivity contribution in [1.29, 1.82) is 0 Å². The number of methoxy groups -OCH3 is 3. The lowest BCUT2D eigenvalue weighted by molar-refractivity contribution is 0.0730. The Morgan fingerprint density at radius 3 is 2.29 bits per heavy atom. The lowest BCUT2D eigenvalue weighted by Gasteiger charge is -2.27. The number of hydrogen-bond acceptors (Lipinski definition) is 5. The minimum atomic E-state index is -0.349. The minimum Gasteiger partial charge on any atom is -0.497 e. The van der Waals surface area contributed by atoms with E-state index in [4.69, 9.17) is 14.2 Å². The van der Waals surface area contributed by atoms with E-state index in [-0.39, 0.29) is 11.9 Å². The molecule has 0 spiro atoms. The van der Waals surface area contributed by atoms with Gasteiger partial charge in [-0.3, -0.25) is 9.89 Å². The van der Waals surface area contributed by atoms with Crippen LogP contribution < -0.4 is 14.2 Å². The zero-order valence-corrected chi connectivity index (χ0v) is 19.2. The Labute approximate surface area is 197 Å². The first kappa shape index (κ1) is 21.6. The number of fused-ring (bicyclic) bond motifs is 1. The Morgan fingerprint density at radius 2 is 1.62 bits per heavy atom. The highest BCUT2D eigenvalue weighted by atomic mass is 16.5. The van der Waals surface area contributed by atoms with Crippen LogP contribution in [0.15, 0.2) is 72.8 Å². The van der Waals surface area contributed by atoms with E-state index in [0.717, 1.165) is 33.7 Å². The van der Waals surface area contributed by atoms with Crippen molar-refractivity contribution < 1.29 is 19.0 Å². The monoisotopic (exact) mass is 455 g/mol. The summed E-state index contributed by atoms with van der Waals surface area (Å²) >= 11 is 0. The van der Waals surface area contributed by atoms with Crippen LogP contribution in [0.1, 0.15) is 33.2 Å². The third kappa shape index (κ3) is 3.65. The molecule has 1 unspecified atom stereocenters. The molecule has 1 aromatic heterocycles. The van der Waals surface area contributed by atoms with E-state index in [2.05, 4.69) is 10.2 Å². The molecule has 7 heteroatoms. The molecule has 7 nitrogen and oxygen atoms in total. The Bertz CT molecular complexity index is 1320. The van der Waals surface area contributed by atoms with E-state index in [9.17, 15) is 4.79 Å². The molecule has 1 aliphatic heterocycles. The maximum Gasteiger partial charge on any atom is 0.273 e. The summed E-state index contributed by atoms with van der Waals surface area (Å²) in [6, 6.07) is 23.1. The van der Waals surface area contributed by atoms with E-state index in [1.807, 2.05) is 77.7 Å². The zero-order chi connectivity index (χ0) is 23.7. The molecule has 1 N–H and O–H groups in total. The molecule has 0 radical (unpaired) electrons. The highest BCUT2D eigenvalue weighted by Gasteiger charge is 2.42. The minimum absolute atomic E-state index is 0.0918. The third-order valence-corrected chi connectivity index (χ3v) is 6.15. The summed E-state index contributed by atoms with van der Waals surface area (Å²) in [5.41, 5.74) is 4.95. The van der Waals surface area contributed by atoms with E-state index >= 15 is 0 Å². The molecular formula is C27H25N3O4. The van der Waals surface area contributed by atoms with Crippen molar-refractivity contribution >= 4 is 5.91 Å². The van der Waals surface area contributed by atoms with Gasteiger partial charge in [-0.2, -0.15) is 5.10 Å². The van der Waals surface area contributed by atoms with Crippen LogP contribution >= 0.6 is 0 Å². The van der Waals surface area contributed by atoms with E-state index in [1.165, 1.54) is 0 Å². The summed E-state index contributed by atoms with van der Waals surface area (Å²) in [4.78, 5) is 15.5.